The number of nitrogens with one attached hydrogen (secondary N) is 1. The van der Waals surface area contributed by atoms with Gasteiger partial charge < -0.3 is 10.2 Å². The predicted molar refractivity (Wildman–Crippen MR) is 121 cm³/mol. The minimum Gasteiger partial charge on any atom is -0.355 e. The highest BCUT2D eigenvalue weighted by Gasteiger charge is 2.30. The van der Waals surface area contributed by atoms with Crippen LogP contribution in [0.5, 0.6) is 0 Å². The van der Waals surface area contributed by atoms with E-state index in [9.17, 15) is 9.59 Å². The lowest BCUT2D eigenvalue weighted by atomic mass is 9.97. The summed E-state index contributed by atoms with van der Waals surface area (Å²) >= 11 is 1.44. The molecule has 0 unspecified atom stereocenters. The molecule has 0 bridgehead atoms. The highest BCUT2D eigenvalue weighted by Crippen LogP contribution is 2.32. The summed E-state index contributed by atoms with van der Waals surface area (Å²) in [5.74, 6) is 0.158. The minimum atomic E-state index is -0.0601. The smallest absolute Gasteiger partial charge is 0.228 e. The van der Waals surface area contributed by atoms with E-state index >= 15 is 0 Å². The molecule has 0 radical (unpaired) electrons. The molecule has 2 aromatic rings. The quantitative estimate of drug-likeness (QED) is 0.701. The molecule has 4 heterocycles. The average molecular weight is 446 g/mol. The fraction of sp³-hybridized carbons (Fsp3) is 0.667. The number of aromatic nitrogens is 4. The van der Waals surface area contributed by atoms with E-state index in [-0.39, 0.29) is 17.7 Å². The first-order chi connectivity index (χ1) is 15.0. The fourth-order valence-corrected chi connectivity index (χ4v) is 5.44. The Balaban J connectivity index is 1.31. The van der Waals surface area contributed by atoms with Gasteiger partial charge in [-0.05, 0) is 52.0 Å². The number of nitrogens with zero attached hydrogens (tertiary/aromatic N) is 6. The summed E-state index contributed by atoms with van der Waals surface area (Å²) in [6, 6.07) is 0. The molecule has 2 aromatic heterocycles. The van der Waals surface area contributed by atoms with Crippen molar-refractivity contribution in [3.63, 3.8) is 0 Å². The first-order valence-corrected chi connectivity index (χ1v) is 12.0. The Morgan fingerprint density at radius 2 is 2.00 bits per heavy atom. The van der Waals surface area contributed by atoms with Gasteiger partial charge in [0.05, 0.1) is 11.6 Å². The van der Waals surface area contributed by atoms with Gasteiger partial charge in [-0.1, -0.05) is 11.3 Å². The summed E-state index contributed by atoms with van der Waals surface area (Å²) in [5, 5.41) is 17.7. The predicted octanol–water partition coefficient (Wildman–Crippen LogP) is 2.07. The molecule has 2 aliphatic heterocycles. The average Bonchev–Trinajstić information content (AvgIpc) is 3.48. The van der Waals surface area contributed by atoms with E-state index < -0.39 is 0 Å². The molecule has 9 nitrogen and oxygen atoms in total. The number of hydrogen-bond acceptors (Lipinski definition) is 7. The van der Waals surface area contributed by atoms with Crippen molar-refractivity contribution in [2.24, 2.45) is 5.92 Å². The largest absolute Gasteiger partial charge is 0.355 e. The Labute approximate surface area is 186 Å². The molecular weight excluding hydrogens is 414 g/mol. The molecule has 0 saturated carbocycles. The lowest BCUT2D eigenvalue weighted by Crippen LogP contribution is -2.43. The molecular formula is C21H31N7O2S. The third-order valence-corrected chi connectivity index (χ3v) is 7.28. The summed E-state index contributed by atoms with van der Waals surface area (Å²) in [4.78, 5) is 28.6. The Bertz CT molecular complexity index is 954. The van der Waals surface area contributed by atoms with E-state index in [4.69, 9.17) is 0 Å². The van der Waals surface area contributed by atoms with Crippen LogP contribution in [0.3, 0.4) is 0 Å². The molecule has 0 aromatic carbocycles. The molecule has 168 valence electrons. The van der Waals surface area contributed by atoms with E-state index in [1.807, 2.05) is 11.6 Å². The van der Waals surface area contributed by atoms with Crippen molar-refractivity contribution in [1.29, 1.82) is 0 Å². The molecule has 0 aliphatic carbocycles. The van der Waals surface area contributed by atoms with Gasteiger partial charge in [0, 0.05) is 44.8 Å². The number of amides is 2. The van der Waals surface area contributed by atoms with Crippen LogP contribution in [0.15, 0.2) is 0 Å². The highest BCUT2D eigenvalue weighted by molar-refractivity contribution is 7.19. The van der Waals surface area contributed by atoms with Gasteiger partial charge in [-0.3, -0.25) is 19.2 Å². The van der Waals surface area contributed by atoms with Crippen molar-refractivity contribution >= 4 is 33.4 Å². The second kappa shape index (κ2) is 9.33. The number of aryl methyl sites for hydroxylation is 2. The molecule has 2 aliphatic rings. The molecule has 31 heavy (non-hydrogen) atoms. The molecule has 10 heteroatoms. The normalized spacial score (nSPS) is 19.3. The molecule has 0 spiro atoms. The first kappa shape index (κ1) is 21.7. The second-order valence-electron chi connectivity index (χ2n) is 8.31. The number of rotatable bonds is 7. The number of anilines is 2. The van der Waals surface area contributed by atoms with Gasteiger partial charge in [-0.2, -0.15) is 5.10 Å². The van der Waals surface area contributed by atoms with Gasteiger partial charge in [0.15, 0.2) is 0 Å². The highest BCUT2D eigenvalue weighted by atomic mass is 32.1. The summed E-state index contributed by atoms with van der Waals surface area (Å²) in [6.07, 6.45) is 4.07. The Morgan fingerprint density at radius 3 is 2.71 bits per heavy atom. The zero-order chi connectivity index (χ0) is 22.0. The molecule has 2 fully saturated rings. The third kappa shape index (κ3) is 4.58. The van der Waals surface area contributed by atoms with Crippen LogP contribution < -0.4 is 15.1 Å². The summed E-state index contributed by atoms with van der Waals surface area (Å²) < 4.78 is 2.01. The SMILES string of the molecule is CCn1nc(C)c(CCNC(=O)[C@@H]2CCCN(c3nnc(N4CCCC4=O)s3)C2)c1C. The van der Waals surface area contributed by atoms with Gasteiger partial charge in [-0.25, -0.2) is 0 Å². The standard InChI is InChI=1S/C21H31N7O2S/c1-4-28-15(3)17(14(2)25-28)9-10-22-19(30)16-7-5-11-26(13-16)20-23-24-21(31-20)27-12-6-8-18(27)29/h16H,4-13H2,1-3H3,(H,22,30)/t16-/m1/s1. The van der Waals surface area contributed by atoms with Crippen molar-refractivity contribution in [2.45, 2.75) is 59.4 Å². The van der Waals surface area contributed by atoms with Crippen LogP contribution in [0, 0.1) is 19.8 Å². The van der Waals surface area contributed by atoms with Gasteiger partial charge in [-0.15, -0.1) is 10.2 Å². The molecule has 2 amide bonds. The van der Waals surface area contributed by atoms with Crippen LogP contribution in [-0.4, -0.2) is 58.0 Å². The van der Waals surface area contributed by atoms with Crippen LogP contribution >= 0.6 is 11.3 Å². The summed E-state index contributed by atoms with van der Waals surface area (Å²) in [6.45, 7) is 9.90. The van der Waals surface area contributed by atoms with Crippen molar-refractivity contribution in [3.05, 3.63) is 17.0 Å². The molecule has 1 atom stereocenters. The Hall–Kier alpha value is -2.49. The third-order valence-electron chi connectivity index (χ3n) is 6.28. The van der Waals surface area contributed by atoms with Gasteiger partial charge in [0.2, 0.25) is 22.1 Å². The minimum absolute atomic E-state index is 0.0601. The molecule has 4 rings (SSSR count). The monoisotopic (exact) mass is 445 g/mol. The summed E-state index contributed by atoms with van der Waals surface area (Å²) in [5.41, 5.74) is 3.45. The van der Waals surface area contributed by atoms with Crippen molar-refractivity contribution in [3.8, 4) is 0 Å². The maximum atomic E-state index is 12.8. The van der Waals surface area contributed by atoms with Gasteiger partial charge in [0.25, 0.3) is 0 Å². The van der Waals surface area contributed by atoms with Crippen molar-refractivity contribution < 1.29 is 9.59 Å². The van der Waals surface area contributed by atoms with E-state index in [1.54, 1.807) is 4.90 Å². The van der Waals surface area contributed by atoms with Crippen LogP contribution in [0.1, 0.15) is 49.6 Å². The van der Waals surface area contributed by atoms with E-state index in [2.05, 4.69) is 39.4 Å². The second-order valence-corrected chi connectivity index (χ2v) is 9.24. The van der Waals surface area contributed by atoms with Crippen LogP contribution in [0.2, 0.25) is 0 Å². The fourth-order valence-electron chi connectivity index (χ4n) is 4.52. The topological polar surface area (TPSA) is 96.2 Å². The van der Waals surface area contributed by atoms with E-state index in [0.29, 0.717) is 31.2 Å². The van der Waals surface area contributed by atoms with E-state index in [0.717, 1.165) is 49.6 Å². The maximum absolute atomic E-state index is 12.8. The zero-order valence-electron chi connectivity index (χ0n) is 18.6. The lowest BCUT2D eigenvalue weighted by Gasteiger charge is -2.31. The number of hydrogen-bond donors (Lipinski definition) is 1. The van der Waals surface area contributed by atoms with E-state index in [1.165, 1.54) is 22.6 Å². The van der Waals surface area contributed by atoms with Gasteiger partial charge >= 0.3 is 0 Å². The zero-order valence-corrected chi connectivity index (χ0v) is 19.4. The van der Waals surface area contributed by atoms with Crippen LogP contribution in [-0.2, 0) is 22.6 Å². The molecule has 1 N–H and O–H groups in total. The Kier molecular flexibility index (Phi) is 6.54. The first-order valence-electron chi connectivity index (χ1n) is 11.2. The number of carbonyl (C=O) groups excluding carboxylic acids is 2. The molecule has 2 saturated heterocycles. The van der Waals surface area contributed by atoms with Crippen LogP contribution in [0.25, 0.3) is 0 Å². The van der Waals surface area contributed by atoms with Crippen LogP contribution in [0.4, 0.5) is 10.3 Å². The van der Waals surface area contributed by atoms with Crippen molar-refractivity contribution in [2.75, 3.05) is 36.0 Å². The van der Waals surface area contributed by atoms with Gasteiger partial charge in [0.1, 0.15) is 0 Å². The number of piperidine rings is 1. The van der Waals surface area contributed by atoms with Crippen molar-refractivity contribution in [1.82, 2.24) is 25.3 Å². The number of carbonyl (C=O) groups is 2. The Morgan fingerprint density at radius 1 is 1.19 bits per heavy atom. The summed E-state index contributed by atoms with van der Waals surface area (Å²) in [7, 11) is 0. The maximum Gasteiger partial charge on any atom is 0.228 e. The lowest BCUT2D eigenvalue weighted by molar-refractivity contribution is -0.125.